The zero-order valence-electron chi connectivity index (χ0n) is 22.1. The van der Waals surface area contributed by atoms with Crippen molar-refractivity contribution in [2.24, 2.45) is 0 Å². The Labute approximate surface area is 230 Å². The van der Waals surface area contributed by atoms with Gasteiger partial charge in [0.1, 0.15) is 12.6 Å². The first-order valence-corrected chi connectivity index (χ1v) is 14.2. The molecule has 0 fully saturated rings. The topological polar surface area (TPSA) is 86.8 Å². The number of hydrogen-bond acceptors (Lipinski definition) is 4. The molecule has 3 aromatic carbocycles. The first kappa shape index (κ1) is 29.2. The van der Waals surface area contributed by atoms with Gasteiger partial charge in [-0.3, -0.25) is 13.9 Å². The van der Waals surface area contributed by atoms with Crippen LogP contribution in [0, 0.1) is 0 Å². The average molecular weight is 556 g/mol. The lowest BCUT2D eigenvalue weighted by Crippen LogP contribution is -2.55. The summed E-state index contributed by atoms with van der Waals surface area (Å²) in [5, 5.41) is 3.36. The summed E-state index contributed by atoms with van der Waals surface area (Å²) < 4.78 is 28.6. The average Bonchev–Trinajstić information content (AvgIpc) is 2.87. The minimum Gasteiger partial charge on any atom is -0.350 e. The number of carbonyl (C=O) groups excluding carboxylic acids is 2. The van der Waals surface area contributed by atoms with E-state index in [0.717, 1.165) is 9.87 Å². The van der Waals surface area contributed by atoms with Gasteiger partial charge in [0.2, 0.25) is 11.8 Å². The second-order valence-electron chi connectivity index (χ2n) is 9.97. The van der Waals surface area contributed by atoms with Gasteiger partial charge in [0.05, 0.1) is 10.6 Å². The fourth-order valence-corrected chi connectivity index (χ4v) is 5.55. The number of sulfonamides is 1. The number of anilines is 1. The third-order valence-corrected chi connectivity index (χ3v) is 7.84. The molecule has 0 bridgehead atoms. The molecule has 0 heterocycles. The smallest absolute Gasteiger partial charge is 0.264 e. The molecular formula is C29H34ClN3O4S. The van der Waals surface area contributed by atoms with E-state index in [2.05, 4.69) is 5.32 Å². The van der Waals surface area contributed by atoms with Crippen LogP contribution >= 0.6 is 11.6 Å². The number of benzene rings is 3. The summed E-state index contributed by atoms with van der Waals surface area (Å²) in [7, 11) is -4.13. The predicted octanol–water partition coefficient (Wildman–Crippen LogP) is 5.26. The lowest BCUT2D eigenvalue weighted by atomic mass is 10.1. The van der Waals surface area contributed by atoms with Crippen molar-refractivity contribution in [2.75, 3.05) is 10.8 Å². The van der Waals surface area contributed by atoms with Gasteiger partial charge >= 0.3 is 0 Å². The molecule has 0 aliphatic rings. The first-order valence-electron chi connectivity index (χ1n) is 12.4. The minimum atomic E-state index is -4.13. The molecule has 7 nitrogen and oxygen atoms in total. The number of carbonyl (C=O) groups is 2. The number of amides is 2. The van der Waals surface area contributed by atoms with Gasteiger partial charge in [0.25, 0.3) is 10.0 Å². The molecule has 0 aromatic heterocycles. The minimum absolute atomic E-state index is 0.00526. The van der Waals surface area contributed by atoms with E-state index in [9.17, 15) is 18.0 Å². The number of nitrogens with zero attached hydrogens (tertiary/aromatic N) is 2. The highest BCUT2D eigenvalue weighted by Gasteiger charge is 2.34. The summed E-state index contributed by atoms with van der Waals surface area (Å²) in [5.41, 5.74) is 0.664. The van der Waals surface area contributed by atoms with E-state index in [0.29, 0.717) is 17.1 Å². The van der Waals surface area contributed by atoms with Crippen molar-refractivity contribution in [3.63, 3.8) is 0 Å². The zero-order chi connectivity index (χ0) is 27.9. The van der Waals surface area contributed by atoms with Crippen LogP contribution in [0.4, 0.5) is 5.69 Å². The highest BCUT2D eigenvalue weighted by Crippen LogP contribution is 2.25. The van der Waals surface area contributed by atoms with E-state index < -0.39 is 34.1 Å². The van der Waals surface area contributed by atoms with Crippen LogP contribution in [-0.4, -0.2) is 43.3 Å². The van der Waals surface area contributed by atoms with E-state index in [1.165, 1.54) is 29.2 Å². The van der Waals surface area contributed by atoms with Gasteiger partial charge < -0.3 is 10.2 Å². The Kier molecular flexibility index (Phi) is 9.57. The highest BCUT2D eigenvalue weighted by atomic mass is 35.5. The van der Waals surface area contributed by atoms with E-state index >= 15 is 0 Å². The first-order chi connectivity index (χ1) is 17.9. The van der Waals surface area contributed by atoms with Crippen LogP contribution in [-0.2, 0) is 26.2 Å². The van der Waals surface area contributed by atoms with Crippen molar-refractivity contribution in [2.45, 2.75) is 57.1 Å². The van der Waals surface area contributed by atoms with Crippen molar-refractivity contribution in [1.29, 1.82) is 0 Å². The molecule has 0 saturated heterocycles. The Morgan fingerprint density at radius 1 is 0.895 bits per heavy atom. The van der Waals surface area contributed by atoms with Crippen LogP contribution in [0.2, 0.25) is 5.02 Å². The van der Waals surface area contributed by atoms with Gasteiger partial charge in [-0.1, -0.05) is 67.1 Å². The van der Waals surface area contributed by atoms with Gasteiger partial charge in [-0.15, -0.1) is 0 Å². The summed E-state index contributed by atoms with van der Waals surface area (Å²) in [4.78, 5) is 28.7. The third kappa shape index (κ3) is 7.58. The van der Waals surface area contributed by atoms with Crippen LogP contribution in [0.3, 0.4) is 0 Å². The van der Waals surface area contributed by atoms with E-state index in [1.807, 2.05) is 58.0 Å². The molecule has 1 atom stereocenters. The highest BCUT2D eigenvalue weighted by molar-refractivity contribution is 7.92. The molecule has 0 saturated carbocycles. The number of nitrogens with one attached hydrogen (secondary N) is 1. The van der Waals surface area contributed by atoms with E-state index in [4.69, 9.17) is 11.6 Å². The van der Waals surface area contributed by atoms with Crippen LogP contribution < -0.4 is 9.62 Å². The third-order valence-electron chi connectivity index (χ3n) is 5.80. The number of para-hydroxylation sites is 1. The van der Waals surface area contributed by atoms with Crippen LogP contribution in [0.15, 0.2) is 89.8 Å². The van der Waals surface area contributed by atoms with Crippen molar-refractivity contribution in [3.05, 3.63) is 95.5 Å². The summed E-state index contributed by atoms with van der Waals surface area (Å²) in [6, 6.07) is 22.8. The summed E-state index contributed by atoms with van der Waals surface area (Å²) in [5.74, 6) is -0.790. The second-order valence-corrected chi connectivity index (χ2v) is 12.3. The fourth-order valence-electron chi connectivity index (χ4n) is 4.01. The molecule has 1 N–H and O–H groups in total. The van der Waals surface area contributed by atoms with Crippen molar-refractivity contribution >= 4 is 39.1 Å². The standard InChI is InChI=1S/C29H34ClN3O4S/c1-5-26(28(35)31-29(2,3)4)32(20-22-12-8-6-9-13-22)27(34)21-33(24-14-10-7-11-15-24)38(36,37)25-18-16-23(30)17-19-25/h6-19,26H,5,20-21H2,1-4H3,(H,31,35). The molecule has 0 spiro atoms. The van der Waals surface area contributed by atoms with Crippen molar-refractivity contribution in [3.8, 4) is 0 Å². The molecule has 2 amide bonds. The monoisotopic (exact) mass is 555 g/mol. The normalized spacial score (nSPS) is 12.4. The fraction of sp³-hybridized carbons (Fsp3) is 0.310. The van der Waals surface area contributed by atoms with Crippen LogP contribution in [0.1, 0.15) is 39.7 Å². The Hall–Kier alpha value is -3.36. The second kappa shape index (κ2) is 12.5. The SMILES string of the molecule is CCC(C(=O)NC(C)(C)C)N(Cc1ccccc1)C(=O)CN(c1ccccc1)S(=O)(=O)c1ccc(Cl)cc1. The van der Waals surface area contributed by atoms with Gasteiger partial charge in [0, 0.05) is 17.1 Å². The van der Waals surface area contributed by atoms with E-state index in [1.54, 1.807) is 30.3 Å². The Morgan fingerprint density at radius 3 is 1.97 bits per heavy atom. The molecular weight excluding hydrogens is 522 g/mol. The van der Waals surface area contributed by atoms with Crippen molar-refractivity contribution < 1.29 is 18.0 Å². The molecule has 3 aromatic rings. The maximum atomic E-state index is 14.0. The molecule has 202 valence electrons. The van der Waals surface area contributed by atoms with Crippen LogP contribution in [0.25, 0.3) is 0 Å². The number of hydrogen-bond donors (Lipinski definition) is 1. The lowest BCUT2D eigenvalue weighted by molar-refractivity contribution is -0.141. The molecule has 0 radical (unpaired) electrons. The lowest BCUT2D eigenvalue weighted by Gasteiger charge is -2.34. The predicted molar refractivity (Wildman–Crippen MR) is 151 cm³/mol. The van der Waals surface area contributed by atoms with Crippen LogP contribution in [0.5, 0.6) is 0 Å². The van der Waals surface area contributed by atoms with Gasteiger partial charge in [-0.25, -0.2) is 8.42 Å². The summed E-state index contributed by atoms with van der Waals surface area (Å²) in [6.45, 7) is 7.11. The molecule has 38 heavy (non-hydrogen) atoms. The zero-order valence-corrected chi connectivity index (χ0v) is 23.7. The summed E-state index contributed by atoms with van der Waals surface area (Å²) in [6.07, 6.45) is 0.357. The Morgan fingerprint density at radius 2 is 1.45 bits per heavy atom. The number of rotatable bonds is 10. The van der Waals surface area contributed by atoms with Gasteiger partial charge in [-0.05, 0) is 69.2 Å². The van der Waals surface area contributed by atoms with Crippen molar-refractivity contribution in [1.82, 2.24) is 10.2 Å². The quantitative estimate of drug-likeness (QED) is 0.370. The maximum absolute atomic E-state index is 14.0. The van der Waals surface area contributed by atoms with Gasteiger partial charge in [-0.2, -0.15) is 0 Å². The maximum Gasteiger partial charge on any atom is 0.264 e. The largest absolute Gasteiger partial charge is 0.350 e. The molecule has 0 aliphatic heterocycles. The molecule has 9 heteroatoms. The van der Waals surface area contributed by atoms with E-state index in [-0.39, 0.29) is 17.3 Å². The molecule has 0 aliphatic carbocycles. The van der Waals surface area contributed by atoms with Gasteiger partial charge in [0.15, 0.2) is 0 Å². The Balaban J connectivity index is 2.03. The molecule has 1 unspecified atom stereocenters. The Bertz CT molecular complexity index is 1330. The molecule has 3 rings (SSSR count). The number of halogens is 1. The summed E-state index contributed by atoms with van der Waals surface area (Å²) >= 11 is 5.98.